The molecule has 4 rings (SSSR count). The van der Waals surface area contributed by atoms with Crippen LogP contribution in [-0.4, -0.2) is 51.6 Å². The molecule has 0 spiro atoms. The average Bonchev–Trinajstić information content (AvgIpc) is 3.28. The third kappa shape index (κ3) is 15.6. The van der Waals surface area contributed by atoms with E-state index in [0.29, 0.717) is 49.4 Å². The van der Waals surface area contributed by atoms with Gasteiger partial charge in [0.05, 0.1) is 50.8 Å². The number of fused-ring (bicyclic) bond motifs is 6. The first kappa shape index (κ1) is 50.4. The molecular weight excluding hydrogens is 777 g/mol. The Hall–Kier alpha value is -4.20. The maximum absolute atomic E-state index is 14.0. The van der Waals surface area contributed by atoms with Crippen LogP contribution in [0.4, 0.5) is 0 Å². The zero-order valence-corrected chi connectivity index (χ0v) is 39.5. The van der Waals surface area contributed by atoms with Crippen molar-refractivity contribution in [1.82, 2.24) is 0 Å². The molecule has 0 unspecified atom stereocenters. The predicted octanol–water partition coefficient (Wildman–Crippen LogP) is 15.7. The van der Waals surface area contributed by atoms with Gasteiger partial charge in [-0.1, -0.05) is 144 Å². The lowest BCUT2D eigenvalue weighted by Crippen LogP contribution is -2.15. The highest BCUT2D eigenvalue weighted by Gasteiger charge is 2.25. The first-order valence-electron chi connectivity index (χ1n) is 24.8. The standard InChI is InChI=1S/C54H80O8/c1-7-13-19-25-29-57-49-37-43-41-35-47(53(55)61-33-23-17-11-5)48(54(56)62-34-24-18-12-6)36-42(41)44-38-50(58-30-26-20-14-8-2)52(60-32-28-22-16-10-4)40-46(44)45(43)39-51(49)59-31-27-21-15-9-3/h35-40H,7-34H2,1-6H3. The van der Waals surface area contributed by atoms with E-state index in [0.717, 1.165) is 161 Å². The van der Waals surface area contributed by atoms with Crippen LogP contribution in [0.1, 0.15) is 204 Å². The number of rotatable bonds is 34. The molecule has 0 saturated heterocycles. The minimum Gasteiger partial charge on any atom is -0.490 e. The number of unbranched alkanes of at least 4 members (excludes halogenated alkanes) is 16. The molecule has 0 aliphatic rings. The van der Waals surface area contributed by atoms with Crippen molar-refractivity contribution in [1.29, 1.82) is 0 Å². The van der Waals surface area contributed by atoms with Gasteiger partial charge in [-0.15, -0.1) is 0 Å². The topological polar surface area (TPSA) is 89.5 Å². The fraction of sp³-hybridized carbons (Fsp3) is 0.630. The molecule has 0 heterocycles. The monoisotopic (exact) mass is 857 g/mol. The van der Waals surface area contributed by atoms with Crippen LogP contribution in [0.25, 0.3) is 32.3 Å². The summed E-state index contributed by atoms with van der Waals surface area (Å²) < 4.78 is 38.0. The summed E-state index contributed by atoms with van der Waals surface area (Å²) in [5, 5.41) is 5.28. The Balaban J connectivity index is 2.02. The lowest BCUT2D eigenvalue weighted by Gasteiger charge is -2.20. The molecule has 4 aromatic rings. The minimum absolute atomic E-state index is 0.202. The Morgan fingerprint density at radius 1 is 0.306 bits per heavy atom. The number of ether oxygens (including phenoxy) is 6. The fourth-order valence-electron chi connectivity index (χ4n) is 7.88. The van der Waals surface area contributed by atoms with Crippen molar-refractivity contribution in [2.45, 2.75) is 183 Å². The van der Waals surface area contributed by atoms with E-state index in [1.54, 1.807) is 0 Å². The first-order valence-corrected chi connectivity index (χ1v) is 24.8. The van der Waals surface area contributed by atoms with Crippen LogP contribution in [0.5, 0.6) is 23.0 Å². The third-order valence-corrected chi connectivity index (χ3v) is 11.6. The summed E-state index contributed by atoms with van der Waals surface area (Å²) in [4.78, 5) is 28.1. The van der Waals surface area contributed by atoms with Crippen LogP contribution in [0, 0.1) is 0 Å². The van der Waals surface area contributed by atoms with Crippen LogP contribution in [0.2, 0.25) is 0 Å². The van der Waals surface area contributed by atoms with Gasteiger partial charge in [0.1, 0.15) is 0 Å². The maximum Gasteiger partial charge on any atom is 0.339 e. The van der Waals surface area contributed by atoms with Crippen molar-refractivity contribution in [2.24, 2.45) is 0 Å². The van der Waals surface area contributed by atoms with Gasteiger partial charge >= 0.3 is 11.9 Å². The van der Waals surface area contributed by atoms with Gasteiger partial charge < -0.3 is 28.4 Å². The van der Waals surface area contributed by atoms with Crippen molar-refractivity contribution < 1.29 is 38.0 Å². The van der Waals surface area contributed by atoms with E-state index >= 15 is 0 Å². The smallest absolute Gasteiger partial charge is 0.339 e. The van der Waals surface area contributed by atoms with Crippen molar-refractivity contribution in [3.63, 3.8) is 0 Å². The molecule has 8 nitrogen and oxygen atoms in total. The molecule has 62 heavy (non-hydrogen) atoms. The van der Waals surface area contributed by atoms with Gasteiger partial charge in [-0.05, 0) is 107 Å². The summed E-state index contributed by atoms with van der Waals surface area (Å²) in [6.07, 6.45) is 22.9. The highest BCUT2D eigenvalue weighted by atomic mass is 16.5. The SMILES string of the molecule is CCCCCCOc1cc2c3cc(OCCCCCC)c(OCCCCCC)cc3c3cc(C(=O)OCCCCC)c(C(=O)OCCCCC)cc3c2cc1OCCCCCC. The lowest BCUT2D eigenvalue weighted by molar-refractivity contribution is 0.0451. The van der Waals surface area contributed by atoms with Crippen LogP contribution >= 0.6 is 0 Å². The lowest BCUT2D eigenvalue weighted by atomic mass is 9.90. The largest absolute Gasteiger partial charge is 0.490 e. The molecule has 8 heteroatoms. The Bertz CT molecular complexity index is 1800. The normalized spacial score (nSPS) is 11.4. The molecule has 344 valence electrons. The van der Waals surface area contributed by atoms with Gasteiger partial charge in [-0.2, -0.15) is 0 Å². The van der Waals surface area contributed by atoms with Gasteiger partial charge in [0.2, 0.25) is 0 Å². The third-order valence-electron chi connectivity index (χ3n) is 11.6. The van der Waals surface area contributed by atoms with Crippen molar-refractivity contribution >= 4 is 44.3 Å². The van der Waals surface area contributed by atoms with E-state index in [-0.39, 0.29) is 24.3 Å². The zero-order chi connectivity index (χ0) is 44.4. The van der Waals surface area contributed by atoms with Gasteiger partial charge in [0.25, 0.3) is 0 Å². The predicted molar refractivity (Wildman–Crippen MR) is 257 cm³/mol. The van der Waals surface area contributed by atoms with Crippen LogP contribution in [0.3, 0.4) is 0 Å². The molecule has 0 aliphatic heterocycles. The first-order chi connectivity index (χ1) is 30.4. The average molecular weight is 857 g/mol. The van der Waals surface area contributed by atoms with E-state index in [1.807, 2.05) is 12.1 Å². The second-order valence-electron chi connectivity index (χ2n) is 17.0. The molecule has 0 atom stereocenters. The second kappa shape index (κ2) is 29.2. The molecule has 0 N–H and O–H groups in total. The number of hydrogen-bond donors (Lipinski definition) is 0. The van der Waals surface area contributed by atoms with Crippen molar-refractivity contribution in [2.75, 3.05) is 39.6 Å². The molecule has 0 bridgehead atoms. The summed E-state index contributed by atoms with van der Waals surface area (Å²) in [6, 6.07) is 12.0. The molecule has 0 fully saturated rings. The second-order valence-corrected chi connectivity index (χ2v) is 17.0. The molecule has 0 saturated carbocycles. The maximum atomic E-state index is 14.0. The van der Waals surface area contributed by atoms with E-state index in [4.69, 9.17) is 28.4 Å². The van der Waals surface area contributed by atoms with Gasteiger partial charge in [0, 0.05) is 0 Å². The quantitative estimate of drug-likeness (QED) is 0.0261. The van der Waals surface area contributed by atoms with E-state index < -0.39 is 11.9 Å². The molecular formula is C54H80O8. The Morgan fingerprint density at radius 2 is 0.532 bits per heavy atom. The van der Waals surface area contributed by atoms with Gasteiger partial charge in [-0.25, -0.2) is 9.59 Å². The summed E-state index contributed by atoms with van der Waals surface area (Å²) in [5.41, 5.74) is 0.403. The number of esters is 2. The van der Waals surface area contributed by atoms with Gasteiger partial charge in [0.15, 0.2) is 23.0 Å². The highest BCUT2D eigenvalue weighted by Crippen LogP contribution is 2.45. The molecule has 4 aromatic carbocycles. The van der Waals surface area contributed by atoms with E-state index in [2.05, 4.69) is 65.8 Å². The Morgan fingerprint density at radius 3 is 0.790 bits per heavy atom. The molecule has 0 aromatic heterocycles. The zero-order valence-electron chi connectivity index (χ0n) is 39.5. The van der Waals surface area contributed by atoms with Crippen LogP contribution in [-0.2, 0) is 9.47 Å². The van der Waals surface area contributed by atoms with Crippen molar-refractivity contribution in [3.8, 4) is 23.0 Å². The van der Waals surface area contributed by atoms with Crippen molar-refractivity contribution in [3.05, 3.63) is 47.5 Å². The molecule has 0 radical (unpaired) electrons. The van der Waals surface area contributed by atoms with Crippen LogP contribution in [0.15, 0.2) is 36.4 Å². The van der Waals surface area contributed by atoms with E-state index in [9.17, 15) is 9.59 Å². The highest BCUT2D eigenvalue weighted by molar-refractivity contribution is 6.28. The summed E-state index contributed by atoms with van der Waals surface area (Å²) >= 11 is 0. The van der Waals surface area contributed by atoms with Crippen LogP contribution < -0.4 is 18.9 Å². The molecule has 0 aliphatic carbocycles. The Labute approximate surface area is 374 Å². The summed E-state index contributed by atoms with van der Waals surface area (Å²) in [5.74, 6) is 1.69. The minimum atomic E-state index is -0.529. The fourth-order valence-corrected chi connectivity index (χ4v) is 7.88. The number of carbonyl (C=O) groups is 2. The van der Waals surface area contributed by atoms with E-state index in [1.165, 1.54) is 12.8 Å². The van der Waals surface area contributed by atoms with Gasteiger partial charge in [-0.3, -0.25) is 0 Å². The molecule has 0 amide bonds. The number of hydrogen-bond acceptors (Lipinski definition) is 8. The Kier molecular flexibility index (Phi) is 23.8. The number of benzene rings is 4. The number of carbonyl (C=O) groups excluding carboxylic acids is 2. The summed E-state index contributed by atoms with van der Waals surface area (Å²) in [6.45, 7) is 16.0. The summed E-state index contributed by atoms with van der Waals surface area (Å²) in [7, 11) is 0.